The summed E-state index contributed by atoms with van der Waals surface area (Å²) in [4.78, 5) is 12.3. The van der Waals surface area contributed by atoms with Crippen molar-refractivity contribution in [2.24, 2.45) is 0 Å². The summed E-state index contributed by atoms with van der Waals surface area (Å²) in [6.45, 7) is 4.20. The average Bonchev–Trinajstić information content (AvgIpc) is 2.39. The molecule has 2 N–H and O–H groups in total. The minimum atomic E-state index is -0.704. The molecule has 1 aromatic rings. The Balaban J connectivity index is 0.00000220. The second-order valence-electron chi connectivity index (χ2n) is 5.55. The van der Waals surface area contributed by atoms with E-state index in [0.29, 0.717) is 0 Å². The Hall–Kier alpha value is -1.20. The fourth-order valence-corrected chi connectivity index (χ4v) is 2.60. The molecule has 0 saturated carbocycles. The van der Waals surface area contributed by atoms with Gasteiger partial charge < -0.3 is 10.6 Å². The van der Waals surface area contributed by atoms with Crippen LogP contribution in [-0.4, -0.2) is 18.0 Å². The number of hydrogen-bond acceptors (Lipinski definition) is 2. The topological polar surface area (TPSA) is 41.1 Å². The Bertz CT molecular complexity index is 484. The fraction of sp³-hybridized carbons (Fsp3) is 0.533. The minimum Gasteiger partial charge on any atom is -0.348 e. The summed E-state index contributed by atoms with van der Waals surface area (Å²) >= 11 is 0. The van der Waals surface area contributed by atoms with Gasteiger partial charge >= 0.3 is 0 Å². The first-order chi connectivity index (χ1) is 9.44. The molecule has 1 heterocycles. The van der Waals surface area contributed by atoms with Crippen LogP contribution in [0.25, 0.3) is 0 Å². The number of hydrogen-bond donors (Lipinski definition) is 2. The maximum Gasteiger partial charge on any atom is 0.240 e. The van der Waals surface area contributed by atoms with Gasteiger partial charge in [0, 0.05) is 5.56 Å². The molecule has 1 saturated heterocycles. The van der Waals surface area contributed by atoms with Gasteiger partial charge in [-0.25, -0.2) is 8.78 Å². The third-order valence-corrected chi connectivity index (χ3v) is 3.90. The highest BCUT2D eigenvalue weighted by atomic mass is 35.5. The highest BCUT2D eigenvalue weighted by Crippen LogP contribution is 2.23. The molecule has 2 atom stereocenters. The molecule has 1 aliphatic heterocycles. The molecule has 118 valence electrons. The lowest BCUT2D eigenvalue weighted by Gasteiger charge is -2.34. The van der Waals surface area contributed by atoms with Crippen molar-refractivity contribution in [2.45, 2.75) is 44.7 Å². The van der Waals surface area contributed by atoms with Gasteiger partial charge in [0.2, 0.25) is 5.91 Å². The van der Waals surface area contributed by atoms with Crippen molar-refractivity contribution < 1.29 is 13.6 Å². The quantitative estimate of drug-likeness (QED) is 0.899. The van der Waals surface area contributed by atoms with Gasteiger partial charge in [-0.1, -0.05) is 6.07 Å². The molecule has 1 aliphatic rings. The Morgan fingerprint density at radius 1 is 1.33 bits per heavy atom. The number of nitrogens with one attached hydrogen (secondary N) is 2. The monoisotopic (exact) mass is 318 g/mol. The van der Waals surface area contributed by atoms with Gasteiger partial charge in [-0.05, 0) is 51.8 Å². The number of rotatable bonds is 3. The van der Waals surface area contributed by atoms with Gasteiger partial charge in [0.15, 0.2) is 0 Å². The van der Waals surface area contributed by atoms with Crippen LogP contribution in [0, 0.1) is 11.6 Å². The van der Waals surface area contributed by atoms with Crippen molar-refractivity contribution >= 4 is 18.3 Å². The van der Waals surface area contributed by atoms with Crippen LogP contribution < -0.4 is 10.6 Å². The third kappa shape index (κ3) is 3.92. The minimum absolute atomic E-state index is 0. The summed E-state index contributed by atoms with van der Waals surface area (Å²) in [6, 6.07) is 3.00. The second-order valence-corrected chi connectivity index (χ2v) is 5.55. The first-order valence-corrected chi connectivity index (χ1v) is 6.94. The molecule has 0 aliphatic carbocycles. The van der Waals surface area contributed by atoms with Gasteiger partial charge in [-0.3, -0.25) is 4.79 Å². The summed E-state index contributed by atoms with van der Waals surface area (Å²) in [6.07, 6.45) is 2.74. The van der Waals surface area contributed by atoms with Gasteiger partial charge in [0.05, 0.1) is 11.6 Å². The van der Waals surface area contributed by atoms with Gasteiger partial charge in [0.1, 0.15) is 11.6 Å². The van der Waals surface area contributed by atoms with E-state index < -0.39 is 23.2 Å². The largest absolute Gasteiger partial charge is 0.348 e. The van der Waals surface area contributed by atoms with Gasteiger partial charge in [-0.15, -0.1) is 12.4 Å². The zero-order valence-electron chi connectivity index (χ0n) is 12.2. The average molecular weight is 319 g/mol. The van der Waals surface area contributed by atoms with E-state index in [2.05, 4.69) is 10.6 Å². The lowest BCUT2D eigenvalue weighted by atomic mass is 9.89. The Labute approximate surface area is 129 Å². The van der Waals surface area contributed by atoms with Crippen molar-refractivity contribution in [2.75, 3.05) is 6.54 Å². The summed E-state index contributed by atoms with van der Waals surface area (Å²) < 4.78 is 27.4. The molecule has 2 unspecified atom stereocenters. The molecule has 1 fully saturated rings. The van der Waals surface area contributed by atoms with Crippen molar-refractivity contribution in [3.05, 3.63) is 35.4 Å². The summed E-state index contributed by atoms with van der Waals surface area (Å²) in [5, 5.41) is 5.89. The normalized spacial score (nSPS) is 23.0. The molecule has 2 rings (SSSR count). The number of benzene rings is 1. The van der Waals surface area contributed by atoms with Crippen molar-refractivity contribution in [1.29, 1.82) is 0 Å². The molecular weight excluding hydrogens is 298 g/mol. The highest BCUT2D eigenvalue weighted by Gasteiger charge is 2.35. The first-order valence-electron chi connectivity index (χ1n) is 6.94. The molecular formula is C15H21ClF2N2O. The van der Waals surface area contributed by atoms with Crippen LogP contribution >= 0.6 is 12.4 Å². The molecule has 1 aromatic carbocycles. The summed E-state index contributed by atoms with van der Waals surface area (Å²) in [7, 11) is 0. The van der Waals surface area contributed by atoms with Crippen LogP contribution in [0.5, 0.6) is 0 Å². The van der Waals surface area contributed by atoms with E-state index in [1.807, 2.05) is 6.92 Å². The van der Waals surface area contributed by atoms with Gasteiger partial charge in [0.25, 0.3) is 0 Å². The maximum atomic E-state index is 13.7. The van der Waals surface area contributed by atoms with Crippen LogP contribution in [0.15, 0.2) is 18.2 Å². The molecule has 1 amide bonds. The van der Waals surface area contributed by atoms with E-state index in [4.69, 9.17) is 0 Å². The van der Waals surface area contributed by atoms with Crippen molar-refractivity contribution in [1.82, 2.24) is 10.6 Å². The Morgan fingerprint density at radius 2 is 1.95 bits per heavy atom. The molecule has 0 spiro atoms. The van der Waals surface area contributed by atoms with E-state index in [9.17, 15) is 13.6 Å². The van der Waals surface area contributed by atoms with Crippen LogP contribution in [0.3, 0.4) is 0 Å². The standard InChI is InChI=1S/C15H20F2N2O.ClH/c1-10(13-11(16)6-5-7-12(13)17)19-14(20)15(2)8-3-4-9-18-15;/h5-7,10,18H,3-4,8-9H2,1-2H3,(H,19,20);1H. The maximum absolute atomic E-state index is 13.7. The summed E-state index contributed by atoms with van der Waals surface area (Å²) in [5.74, 6) is -1.49. The van der Waals surface area contributed by atoms with Crippen molar-refractivity contribution in [3.63, 3.8) is 0 Å². The van der Waals surface area contributed by atoms with E-state index >= 15 is 0 Å². The Morgan fingerprint density at radius 3 is 2.48 bits per heavy atom. The molecule has 6 heteroatoms. The zero-order chi connectivity index (χ0) is 14.8. The highest BCUT2D eigenvalue weighted by molar-refractivity contribution is 5.86. The second kappa shape index (κ2) is 7.18. The predicted octanol–water partition coefficient (Wildman–Crippen LogP) is 3.10. The fourth-order valence-electron chi connectivity index (χ4n) is 2.60. The van der Waals surface area contributed by atoms with Crippen molar-refractivity contribution in [3.8, 4) is 0 Å². The van der Waals surface area contributed by atoms with Crippen LogP contribution in [0.2, 0.25) is 0 Å². The number of amides is 1. The molecule has 0 aromatic heterocycles. The lowest BCUT2D eigenvalue weighted by Crippen LogP contribution is -2.57. The molecule has 0 radical (unpaired) electrons. The van der Waals surface area contributed by atoms with Gasteiger partial charge in [-0.2, -0.15) is 0 Å². The third-order valence-electron chi connectivity index (χ3n) is 3.90. The number of carbonyl (C=O) groups is 1. The zero-order valence-corrected chi connectivity index (χ0v) is 13.0. The van der Waals surface area contributed by atoms with E-state index in [0.717, 1.165) is 25.8 Å². The SMILES string of the molecule is CC(NC(=O)C1(C)CCCCN1)c1c(F)cccc1F.Cl. The molecule has 21 heavy (non-hydrogen) atoms. The number of halogens is 3. The number of carbonyl (C=O) groups excluding carboxylic acids is 1. The van der Waals surface area contributed by atoms with Crippen LogP contribution in [-0.2, 0) is 4.79 Å². The Kier molecular flexibility index (Phi) is 6.10. The smallest absolute Gasteiger partial charge is 0.240 e. The van der Waals surface area contributed by atoms with Crippen LogP contribution in [0.4, 0.5) is 8.78 Å². The summed E-state index contributed by atoms with van der Waals surface area (Å²) in [5.41, 5.74) is -0.755. The first kappa shape index (κ1) is 17.9. The van der Waals surface area contributed by atoms with Crippen LogP contribution in [0.1, 0.15) is 44.7 Å². The number of piperidine rings is 1. The molecule has 0 bridgehead atoms. The molecule has 3 nitrogen and oxygen atoms in total. The van der Waals surface area contributed by atoms with E-state index in [-0.39, 0.29) is 23.9 Å². The van der Waals surface area contributed by atoms with E-state index in [1.165, 1.54) is 18.2 Å². The predicted molar refractivity (Wildman–Crippen MR) is 80.4 cm³/mol. The lowest BCUT2D eigenvalue weighted by molar-refractivity contribution is -0.128. The van der Waals surface area contributed by atoms with E-state index in [1.54, 1.807) is 6.92 Å².